The Labute approximate surface area is 99.9 Å². The molecule has 0 saturated carbocycles. The fourth-order valence-electron chi connectivity index (χ4n) is 2.03. The van der Waals surface area contributed by atoms with E-state index in [0.717, 1.165) is 25.1 Å². The molecule has 0 bridgehead atoms. The number of nitro groups is 1. The first-order valence-electron chi connectivity index (χ1n) is 5.76. The summed E-state index contributed by atoms with van der Waals surface area (Å²) in [5, 5.41) is 14.1. The van der Waals surface area contributed by atoms with E-state index in [-0.39, 0.29) is 5.69 Å². The molecule has 0 aliphatic carbocycles. The highest BCUT2D eigenvalue weighted by Crippen LogP contribution is 2.30. The second-order valence-corrected chi connectivity index (χ2v) is 4.35. The van der Waals surface area contributed by atoms with Crippen molar-refractivity contribution in [2.24, 2.45) is 5.92 Å². The smallest absolute Gasteiger partial charge is 0.311 e. The quantitative estimate of drug-likeness (QED) is 0.640. The lowest BCUT2D eigenvalue weighted by atomic mass is 10.1. The van der Waals surface area contributed by atoms with E-state index >= 15 is 0 Å². The topological polar surface area (TPSA) is 64.4 Å². The molecule has 1 aliphatic rings. The van der Waals surface area contributed by atoms with Gasteiger partial charge in [0, 0.05) is 18.5 Å². The molecule has 17 heavy (non-hydrogen) atoms. The Bertz CT molecular complexity index is 414. The normalized spacial score (nSPS) is 19.2. The van der Waals surface area contributed by atoms with Gasteiger partial charge in [-0.05, 0) is 25.5 Å². The Morgan fingerprint density at radius 1 is 1.59 bits per heavy atom. The van der Waals surface area contributed by atoms with Crippen molar-refractivity contribution in [2.45, 2.75) is 13.3 Å². The molecule has 0 aromatic heterocycles. The molecule has 1 atom stereocenters. The number of ether oxygens (including phenoxy) is 1. The third kappa shape index (κ3) is 2.74. The summed E-state index contributed by atoms with van der Waals surface area (Å²) >= 11 is 0. The minimum Gasteiger partial charge on any atom is -0.486 e. The predicted molar refractivity (Wildman–Crippen MR) is 64.3 cm³/mol. The molecule has 0 spiro atoms. The lowest BCUT2D eigenvalue weighted by molar-refractivity contribution is -0.386. The van der Waals surface area contributed by atoms with Gasteiger partial charge in [0.15, 0.2) is 5.75 Å². The molecule has 2 rings (SSSR count). The minimum atomic E-state index is -0.394. The van der Waals surface area contributed by atoms with E-state index < -0.39 is 4.92 Å². The van der Waals surface area contributed by atoms with Crippen LogP contribution in [0.3, 0.4) is 0 Å². The maximum atomic E-state index is 10.9. The zero-order chi connectivity index (χ0) is 12.3. The molecular weight excluding hydrogens is 220 g/mol. The van der Waals surface area contributed by atoms with Gasteiger partial charge in [0.1, 0.15) is 0 Å². The van der Waals surface area contributed by atoms with Gasteiger partial charge in [-0.25, -0.2) is 0 Å². The van der Waals surface area contributed by atoms with E-state index in [1.807, 2.05) is 13.0 Å². The van der Waals surface area contributed by atoms with Crippen LogP contribution in [0.25, 0.3) is 0 Å². The molecule has 5 heteroatoms. The lowest BCUT2D eigenvalue weighted by Gasteiger charge is -2.12. The van der Waals surface area contributed by atoms with Gasteiger partial charge in [-0.1, -0.05) is 12.1 Å². The summed E-state index contributed by atoms with van der Waals surface area (Å²) in [5.41, 5.74) is 0.862. The van der Waals surface area contributed by atoms with Crippen LogP contribution in [0.1, 0.15) is 12.0 Å². The van der Waals surface area contributed by atoms with Crippen LogP contribution in [0.5, 0.6) is 5.75 Å². The van der Waals surface area contributed by atoms with Crippen LogP contribution < -0.4 is 10.1 Å². The van der Waals surface area contributed by atoms with Crippen molar-refractivity contribution in [1.82, 2.24) is 5.32 Å². The predicted octanol–water partition coefficient (Wildman–Crippen LogP) is 1.89. The standard InChI is InChI=1S/C12H16N2O3/c1-9-3-2-4-11(14(15)16)12(9)17-8-10-5-6-13-7-10/h2-4,10,13H,5-8H2,1H3. The highest BCUT2D eigenvalue weighted by molar-refractivity contribution is 5.51. The van der Waals surface area contributed by atoms with Crippen LogP contribution in [0.15, 0.2) is 18.2 Å². The highest BCUT2D eigenvalue weighted by atomic mass is 16.6. The van der Waals surface area contributed by atoms with Gasteiger partial charge in [0.05, 0.1) is 11.5 Å². The Kier molecular flexibility index (Phi) is 3.58. The second kappa shape index (κ2) is 5.14. The van der Waals surface area contributed by atoms with E-state index in [2.05, 4.69) is 5.32 Å². The largest absolute Gasteiger partial charge is 0.486 e. The molecular formula is C12H16N2O3. The molecule has 0 radical (unpaired) electrons. The number of nitrogens with one attached hydrogen (secondary N) is 1. The van der Waals surface area contributed by atoms with E-state index in [1.54, 1.807) is 6.07 Å². The summed E-state index contributed by atoms with van der Waals surface area (Å²) in [4.78, 5) is 10.5. The maximum Gasteiger partial charge on any atom is 0.311 e. The number of rotatable bonds is 4. The number of para-hydroxylation sites is 1. The van der Waals surface area contributed by atoms with Crippen LogP contribution >= 0.6 is 0 Å². The summed E-state index contributed by atoms with van der Waals surface area (Å²) in [5.74, 6) is 0.860. The average molecular weight is 236 g/mol. The van der Waals surface area contributed by atoms with Gasteiger partial charge in [-0.3, -0.25) is 10.1 Å². The number of aryl methyl sites for hydroxylation is 1. The lowest BCUT2D eigenvalue weighted by Crippen LogP contribution is -2.16. The number of hydrogen-bond donors (Lipinski definition) is 1. The van der Waals surface area contributed by atoms with E-state index in [0.29, 0.717) is 18.3 Å². The van der Waals surface area contributed by atoms with Gasteiger partial charge in [0.25, 0.3) is 0 Å². The Morgan fingerprint density at radius 2 is 2.41 bits per heavy atom. The fourth-order valence-corrected chi connectivity index (χ4v) is 2.03. The molecule has 1 heterocycles. The van der Waals surface area contributed by atoms with Gasteiger partial charge in [-0.2, -0.15) is 0 Å². The summed E-state index contributed by atoms with van der Waals surface area (Å²) in [7, 11) is 0. The van der Waals surface area contributed by atoms with Crippen molar-refractivity contribution in [1.29, 1.82) is 0 Å². The fraction of sp³-hybridized carbons (Fsp3) is 0.500. The molecule has 1 N–H and O–H groups in total. The first kappa shape index (κ1) is 11.9. The molecule has 5 nitrogen and oxygen atoms in total. The number of benzene rings is 1. The first-order chi connectivity index (χ1) is 8.18. The summed E-state index contributed by atoms with van der Waals surface area (Å²) in [6.07, 6.45) is 1.07. The molecule has 1 aliphatic heterocycles. The average Bonchev–Trinajstić information content (AvgIpc) is 2.80. The molecule has 92 valence electrons. The van der Waals surface area contributed by atoms with Crippen LogP contribution in [0.2, 0.25) is 0 Å². The number of hydrogen-bond acceptors (Lipinski definition) is 4. The second-order valence-electron chi connectivity index (χ2n) is 4.35. The first-order valence-corrected chi connectivity index (χ1v) is 5.76. The van der Waals surface area contributed by atoms with Crippen molar-refractivity contribution in [3.8, 4) is 5.75 Å². The van der Waals surface area contributed by atoms with Crippen molar-refractivity contribution >= 4 is 5.69 Å². The van der Waals surface area contributed by atoms with Crippen molar-refractivity contribution < 1.29 is 9.66 Å². The number of nitrogens with zero attached hydrogens (tertiary/aromatic N) is 1. The summed E-state index contributed by atoms with van der Waals surface area (Å²) in [6.45, 7) is 4.30. The van der Waals surface area contributed by atoms with Gasteiger partial charge < -0.3 is 10.1 Å². The van der Waals surface area contributed by atoms with Crippen LogP contribution in [-0.2, 0) is 0 Å². The van der Waals surface area contributed by atoms with E-state index in [1.165, 1.54) is 6.07 Å². The van der Waals surface area contributed by atoms with E-state index in [4.69, 9.17) is 4.74 Å². The highest BCUT2D eigenvalue weighted by Gasteiger charge is 2.20. The van der Waals surface area contributed by atoms with Crippen molar-refractivity contribution in [3.05, 3.63) is 33.9 Å². The third-order valence-corrected chi connectivity index (χ3v) is 3.01. The van der Waals surface area contributed by atoms with Gasteiger partial charge in [0.2, 0.25) is 0 Å². The molecule has 1 fully saturated rings. The van der Waals surface area contributed by atoms with Gasteiger partial charge in [-0.15, -0.1) is 0 Å². The molecule has 1 unspecified atom stereocenters. The Hall–Kier alpha value is -1.62. The van der Waals surface area contributed by atoms with Crippen molar-refractivity contribution in [3.63, 3.8) is 0 Å². The Balaban J connectivity index is 2.10. The molecule has 1 aromatic carbocycles. The monoisotopic (exact) mass is 236 g/mol. The maximum absolute atomic E-state index is 10.9. The third-order valence-electron chi connectivity index (χ3n) is 3.01. The van der Waals surface area contributed by atoms with E-state index in [9.17, 15) is 10.1 Å². The SMILES string of the molecule is Cc1cccc([N+](=O)[O-])c1OCC1CCNC1. The van der Waals surface area contributed by atoms with Crippen molar-refractivity contribution in [2.75, 3.05) is 19.7 Å². The zero-order valence-corrected chi connectivity index (χ0v) is 9.81. The van der Waals surface area contributed by atoms with Crippen LogP contribution in [-0.4, -0.2) is 24.6 Å². The molecule has 0 amide bonds. The van der Waals surface area contributed by atoms with Crippen LogP contribution in [0, 0.1) is 23.0 Å². The summed E-state index contributed by atoms with van der Waals surface area (Å²) < 4.78 is 5.63. The molecule has 1 saturated heterocycles. The van der Waals surface area contributed by atoms with Gasteiger partial charge >= 0.3 is 5.69 Å². The number of nitro benzene ring substituents is 1. The minimum absolute atomic E-state index is 0.0518. The summed E-state index contributed by atoms with van der Waals surface area (Å²) in [6, 6.07) is 4.99. The van der Waals surface area contributed by atoms with Crippen LogP contribution in [0.4, 0.5) is 5.69 Å². The Morgan fingerprint density at radius 3 is 3.06 bits per heavy atom. The molecule has 1 aromatic rings. The zero-order valence-electron chi connectivity index (χ0n) is 9.81.